The molecule has 0 aromatic heterocycles. The first-order valence-corrected chi connectivity index (χ1v) is 5.42. The topological polar surface area (TPSA) is 55.6 Å². The van der Waals surface area contributed by atoms with Crippen molar-refractivity contribution in [1.82, 2.24) is 0 Å². The minimum atomic E-state index is -0.242. The number of anilines is 1. The van der Waals surface area contributed by atoms with E-state index >= 15 is 0 Å². The average molecular weight is 220 g/mol. The second-order valence-electron chi connectivity index (χ2n) is 3.95. The molecule has 1 aromatic rings. The number of hydrogen-bond donors (Lipinski definition) is 1. The first kappa shape index (κ1) is 10.8. The van der Waals surface area contributed by atoms with Gasteiger partial charge < -0.3 is 15.4 Å². The third-order valence-corrected chi connectivity index (χ3v) is 2.99. The number of carbonyl (C=O) groups is 1. The van der Waals surface area contributed by atoms with E-state index in [0.717, 1.165) is 30.8 Å². The molecular weight excluding hydrogens is 204 g/mol. The van der Waals surface area contributed by atoms with E-state index in [0.29, 0.717) is 0 Å². The highest BCUT2D eigenvalue weighted by molar-refractivity contribution is 5.84. The zero-order valence-corrected chi connectivity index (χ0v) is 9.35. The van der Waals surface area contributed by atoms with Gasteiger partial charge in [-0.1, -0.05) is 0 Å². The summed E-state index contributed by atoms with van der Waals surface area (Å²) in [5.41, 5.74) is 6.41. The van der Waals surface area contributed by atoms with Crippen LogP contribution in [0.15, 0.2) is 24.3 Å². The molecule has 4 nitrogen and oxygen atoms in total. The Labute approximate surface area is 95.0 Å². The lowest BCUT2D eigenvalue weighted by atomic mass is 10.2. The van der Waals surface area contributed by atoms with E-state index in [4.69, 9.17) is 10.5 Å². The minimum absolute atomic E-state index is 0.159. The predicted octanol–water partition coefficient (Wildman–Crippen LogP) is 1.15. The Balaban J connectivity index is 2.19. The van der Waals surface area contributed by atoms with Crippen LogP contribution in [0.1, 0.15) is 12.8 Å². The Morgan fingerprint density at radius 3 is 2.69 bits per heavy atom. The molecule has 0 spiro atoms. The van der Waals surface area contributed by atoms with Gasteiger partial charge in [0.25, 0.3) is 0 Å². The van der Waals surface area contributed by atoms with Crippen molar-refractivity contribution in [2.75, 3.05) is 18.6 Å². The zero-order valence-electron chi connectivity index (χ0n) is 9.35. The van der Waals surface area contributed by atoms with E-state index in [1.165, 1.54) is 0 Å². The number of nitrogens with zero attached hydrogens (tertiary/aromatic N) is 1. The summed E-state index contributed by atoms with van der Waals surface area (Å²) in [6.45, 7) is 0.889. The SMILES string of the molecule is COc1ccc(N2CCC[C@@H]2C(N)=O)cc1. The number of methoxy groups -OCH3 is 1. The van der Waals surface area contributed by atoms with Crippen LogP contribution in [0.2, 0.25) is 0 Å². The maximum Gasteiger partial charge on any atom is 0.240 e. The number of carbonyl (C=O) groups excluding carboxylic acids is 1. The van der Waals surface area contributed by atoms with Crippen molar-refractivity contribution in [2.45, 2.75) is 18.9 Å². The first-order chi connectivity index (χ1) is 7.72. The Morgan fingerprint density at radius 1 is 1.44 bits per heavy atom. The van der Waals surface area contributed by atoms with Gasteiger partial charge >= 0.3 is 0 Å². The van der Waals surface area contributed by atoms with E-state index in [-0.39, 0.29) is 11.9 Å². The Kier molecular flexibility index (Phi) is 2.99. The largest absolute Gasteiger partial charge is 0.497 e. The highest BCUT2D eigenvalue weighted by atomic mass is 16.5. The van der Waals surface area contributed by atoms with Crippen LogP contribution >= 0.6 is 0 Å². The highest BCUT2D eigenvalue weighted by Gasteiger charge is 2.28. The lowest BCUT2D eigenvalue weighted by Gasteiger charge is -2.24. The molecule has 2 rings (SSSR count). The number of amides is 1. The van der Waals surface area contributed by atoms with Crippen LogP contribution < -0.4 is 15.4 Å². The summed E-state index contributed by atoms with van der Waals surface area (Å²) in [5.74, 6) is 0.576. The number of nitrogens with two attached hydrogens (primary N) is 1. The van der Waals surface area contributed by atoms with Gasteiger partial charge in [-0.2, -0.15) is 0 Å². The van der Waals surface area contributed by atoms with Crippen LogP contribution in [-0.2, 0) is 4.79 Å². The molecule has 4 heteroatoms. The maximum absolute atomic E-state index is 11.3. The van der Waals surface area contributed by atoms with E-state index in [9.17, 15) is 4.79 Å². The third kappa shape index (κ3) is 1.96. The van der Waals surface area contributed by atoms with Gasteiger partial charge in [0.05, 0.1) is 7.11 Å². The first-order valence-electron chi connectivity index (χ1n) is 5.42. The lowest BCUT2D eigenvalue weighted by Crippen LogP contribution is -2.40. The van der Waals surface area contributed by atoms with Crippen molar-refractivity contribution in [1.29, 1.82) is 0 Å². The molecule has 1 aromatic carbocycles. The minimum Gasteiger partial charge on any atom is -0.497 e. The van der Waals surface area contributed by atoms with Crippen molar-refractivity contribution in [3.63, 3.8) is 0 Å². The van der Waals surface area contributed by atoms with Crippen molar-refractivity contribution in [3.05, 3.63) is 24.3 Å². The monoisotopic (exact) mass is 220 g/mol. The maximum atomic E-state index is 11.3. The second-order valence-corrected chi connectivity index (χ2v) is 3.95. The summed E-state index contributed by atoms with van der Waals surface area (Å²) in [4.78, 5) is 13.3. The van der Waals surface area contributed by atoms with Gasteiger partial charge in [-0.05, 0) is 37.1 Å². The highest BCUT2D eigenvalue weighted by Crippen LogP contribution is 2.26. The summed E-state index contributed by atoms with van der Waals surface area (Å²) >= 11 is 0. The van der Waals surface area contributed by atoms with E-state index in [1.54, 1.807) is 7.11 Å². The van der Waals surface area contributed by atoms with Gasteiger partial charge in [0.2, 0.25) is 5.91 Å². The van der Waals surface area contributed by atoms with Gasteiger partial charge in [0, 0.05) is 12.2 Å². The van der Waals surface area contributed by atoms with Crippen LogP contribution in [0.25, 0.3) is 0 Å². The number of rotatable bonds is 3. The normalized spacial score (nSPS) is 19.8. The second kappa shape index (κ2) is 4.43. The summed E-state index contributed by atoms with van der Waals surface area (Å²) in [6.07, 6.45) is 1.86. The fourth-order valence-corrected chi connectivity index (χ4v) is 2.15. The van der Waals surface area contributed by atoms with Crippen LogP contribution in [0.5, 0.6) is 5.75 Å². The number of primary amides is 1. The van der Waals surface area contributed by atoms with Crippen molar-refractivity contribution in [2.24, 2.45) is 5.73 Å². The van der Waals surface area contributed by atoms with Crippen molar-refractivity contribution in [3.8, 4) is 5.75 Å². The molecule has 86 valence electrons. The number of hydrogen-bond acceptors (Lipinski definition) is 3. The molecule has 1 saturated heterocycles. The van der Waals surface area contributed by atoms with Crippen molar-refractivity contribution < 1.29 is 9.53 Å². The Bertz CT molecular complexity index is 375. The molecule has 1 heterocycles. The molecule has 2 N–H and O–H groups in total. The van der Waals surface area contributed by atoms with E-state index in [1.807, 2.05) is 24.3 Å². The quantitative estimate of drug-likeness (QED) is 0.831. The molecule has 1 atom stereocenters. The smallest absolute Gasteiger partial charge is 0.240 e. The third-order valence-electron chi connectivity index (χ3n) is 2.99. The van der Waals surface area contributed by atoms with Crippen LogP contribution in [-0.4, -0.2) is 25.6 Å². The Hall–Kier alpha value is -1.71. The molecular formula is C12H16N2O2. The van der Waals surface area contributed by atoms with Crippen LogP contribution in [0.4, 0.5) is 5.69 Å². The molecule has 0 unspecified atom stereocenters. The van der Waals surface area contributed by atoms with Gasteiger partial charge in [-0.25, -0.2) is 0 Å². The van der Waals surface area contributed by atoms with Gasteiger partial charge in [0.15, 0.2) is 0 Å². The molecule has 16 heavy (non-hydrogen) atoms. The summed E-state index contributed by atoms with van der Waals surface area (Å²) in [7, 11) is 1.64. The lowest BCUT2D eigenvalue weighted by molar-refractivity contribution is -0.119. The van der Waals surface area contributed by atoms with E-state index < -0.39 is 0 Å². The number of benzene rings is 1. The predicted molar refractivity (Wildman–Crippen MR) is 62.6 cm³/mol. The molecule has 1 fully saturated rings. The summed E-state index contributed by atoms with van der Waals surface area (Å²) < 4.78 is 5.10. The average Bonchev–Trinajstić information content (AvgIpc) is 2.78. The van der Waals surface area contributed by atoms with Gasteiger partial charge in [-0.3, -0.25) is 4.79 Å². The van der Waals surface area contributed by atoms with Gasteiger partial charge in [0.1, 0.15) is 11.8 Å². The molecule has 0 aliphatic carbocycles. The summed E-state index contributed by atoms with van der Waals surface area (Å²) in [6, 6.07) is 7.55. The molecule has 0 saturated carbocycles. The van der Waals surface area contributed by atoms with Gasteiger partial charge in [-0.15, -0.1) is 0 Å². The molecule has 0 bridgehead atoms. The Morgan fingerprint density at radius 2 is 2.12 bits per heavy atom. The standard InChI is InChI=1S/C12H16N2O2/c1-16-10-6-4-9(5-7-10)14-8-2-3-11(14)12(13)15/h4-7,11H,2-3,8H2,1H3,(H2,13,15)/t11-/m1/s1. The van der Waals surface area contributed by atoms with Crippen LogP contribution in [0, 0.1) is 0 Å². The zero-order chi connectivity index (χ0) is 11.5. The van der Waals surface area contributed by atoms with Crippen molar-refractivity contribution >= 4 is 11.6 Å². The summed E-state index contributed by atoms with van der Waals surface area (Å²) in [5, 5.41) is 0. The number of ether oxygens (including phenoxy) is 1. The fraction of sp³-hybridized carbons (Fsp3) is 0.417. The van der Waals surface area contributed by atoms with Crippen LogP contribution in [0.3, 0.4) is 0 Å². The molecule has 1 aliphatic rings. The van der Waals surface area contributed by atoms with E-state index in [2.05, 4.69) is 4.90 Å². The molecule has 0 radical (unpaired) electrons. The fourth-order valence-electron chi connectivity index (χ4n) is 2.15. The molecule has 1 aliphatic heterocycles. The molecule has 1 amide bonds.